The van der Waals surface area contributed by atoms with Crippen molar-refractivity contribution >= 4 is 50.5 Å². The van der Waals surface area contributed by atoms with Crippen LogP contribution in [0.15, 0.2) is 299 Å². The van der Waals surface area contributed by atoms with Gasteiger partial charge in [-0.05, 0) is 142 Å². The van der Waals surface area contributed by atoms with E-state index in [0.29, 0.717) is 126 Å². The lowest BCUT2D eigenvalue weighted by Gasteiger charge is -2.15. The molecular formula is C117H125N23O6. The minimum absolute atomic E-state index is 0.0963. The van der Waals surface area contributed by atoms with Crippen LogP contribution in [0.4, 0.5) is 5.82 Å². The number of nitrogens with two attached hydrogens (primary N) is 1. The summed E-state index contributed by atoms with van der Waals surface area (Å²) in [6.07, 6.45) is 13.4. The molecule has 21 rings (SSSR count). The molecule has 2 N–H and O–H groups in total. The van der Waals surface area contributed by atoms with Gasteiger partial charge in [0.05, 0.1) is 88.3 Å². The molecule has 744 valence electrons. The summed E-state index contributed by atoms with van der Waals surface area (Å²) in [5.74, 6) is 4.32. The molecule has 0 atom stereocenters. The van der Waals surface area contributed by atoms with Crippen molar-refractivity contribution in [2.75, 3.05) is 46.2 Å². The first kappa shape index (κ1) is 101. The predicted octanol–water partition coefficient (Wildman–Crippen LogP) is 20.1. The highest BCUT2D eigenvalue weighted by Gasteiger charge is 2.25. The first-order chi connectivity index (χ1) is 70.6. The van der Waals surface area contributed by atoms with Crippen molar-refractivity contribution in [3.05, 3.63) is 378 Å². The number of aryl methyl sites for hydroxylation is 5. The number of anilines is 1. The number of benzene rings is 9. The van der Waals surface area contributed by atoms with Crippen molar-refractivity contribution in [2.24, 2.45) is 35.2 Å². The molecule has 0 fully saturated rings. The van der Waals surface area contributed by atoms with E-state index in [-0.39, 0.29) is 22.8 Å². The molecule has 9 aromatic carbocycles. The van der Waals surface area contributed by atoms with Gasteiger partial charge in [0.15, 0.2) is 45.9 Å². The second-order valence-electron chi connectivity index (χ2n) is 38.2. The van der Waals surface area contributed by atoms with Gasteiger partial charge in [-0.1, -0.05) is 274 Å². The van der Waals surface area contributed by atoms with E-state index in [0.717, 1.165) is 133 Å². The Bertz CT molecular complexity index is 8270. The highest BCUT2D eigenvalue weighted by atomic mass is 16.5. The van der Waals surface area contributed by atoms with Crippen LogP contribution >= 0.6 is 0 Å². The Morgan fingerprint density at radius 2 is 0.712 bits per heavy atom. The molecule has 0 amide bonds. The Labute approximate surface area is 848 Å². The van der Waals surface area contributed by atoms with E-state index < -0.39 is 0 Å². The number of nitrogen functional groups attached to an aromatic ring is 1. The van der Waals surface area contributed by atoms with Crippen LogP contribution in [-0.4, -0.2) is 146 Å². The first-order valence-electron chi connectivity index (χ1n) is 49.7. The molecule has 0 saturated carbocycles. The average molecular weight is 1950 g/mol. The molecule has 0 unspecified atom stereocenters. The first-order valence-corrected chi connectivity index (χ1v) is 49.7. The lowest BCUT2D eigenvalue weighted by molar-refractivity contribution is 0.0804. The van der Waals surface area contributed by atoms with E-state index in [1.807, 2.05) is 135 Å². The monoisotopic (exact) mass is 1950 g/mol. The van der Waals surface area contributed by atoms with Gasteiger partial charge >= 0.3 is 22.8 Å². The lowest BCUT2D eigenvalue weighted by Crippen LogP contribution is -2.22. The number of likely N-dealkylation sites (N-methyl/N-ethyl adjacent to an activating group) is 1. The molecule has 1 aliphatic heterocycles. The van der Waals surface area contributed by atoms with Crippen molar-refractivity contribution in [1.82, 2.24) is 106 Å². The van der Waals surface area contributed by atoms with Gasteiger partial charge in [0, 0.05) is 106 Å². The second kappa shape index (κ2) is 45.1. The maximum absolute atomic E-state index is 13.2. The topological polar surface area (TPSA) is 307 Å². The number of imidazole rings is 4. The molecule has 29 heteroatoms. The number of hydrogen-bond acceptors (Lipinski definition) is 19. The summed E-state index contributed by atoms with van der Waals surface area (Å²) in [6.45, 7) is 27.7. The highest BCUT2D eigenvalue weighted by molar-refractivity contribution is 5.80. The highest BCUT2D eigenvalue weighted by Crippen LogP contribution is 2.36. The van der Waals surface area contributed by atoms with Crippen LogP contribution in [0.25, 0.3) is 135 Å². The average Bonchev–Trinajstić information content (AvgIpc) is 1.62. The van der Waals surface area contributed by atoms with Gasteiger partial charge in [-0.15, -0.1) is 0 Å². The Morgan fingerprint density at radius 1 is 0.377 bits per heavy atom. The quantitative estimate of drug-likeness (QED) is 0.0556. The molecule has 0 bridgehead atoms. The number of hydrogen-bond donors (Lipinski definition) is 1. The summed E-state index contributed by atoms with van der Waals surface area (Å²) >= 11 is 0. The fourth-order valence-corrected chi connectivity index (χ4v) is 18.5. The number of ether oxygens (including phenoxy) is 2. The number of rotatable bonds is 25. The van der Waals surface area contributed by atoms with Crippen molar-refractivity contribution in [1.29, 1.82) is 0 Å². The molecule has 1 aliphatic rings. The van der Waals surface area contributed by atoms with Gasteiger partial charge in [-0.2, -0.15) is 5.10 Å². The van der Waals surface area contributed by atoms with Gasteiger partial charge < -0.3 is 24.7 Å². The second-order valence-corrected chi connectivity index (χ2v) is 38.2. The molecule has 29 nitrogen and oxygen atoms in total. The van der Waals surface area contributed by atoms with Gasteiger partial charge in [0.1, 0.15) is 34.2 Å². The van der Waals surface area contributed by atoms with Crippen molar-refractivity contribution in [2.45, 2.75) is 139 Å². The summed E-state index contributed by atoms with van der Waals surface area (Å²) in [7, 11) is 13.3. The smallest absolute Gasteiger partial charge is 0.330 e. The Balaban J connectivity index is 0.000000131. The molecular weight excluding hydrogens is 1820 g/mol. The summed E-state index contributed by atoms with van der Waals surface area (Å²) in [5, 5.41) is 4.50. The van der Waals surface area contributed by atoms with Gasteiger partial charge in [0.25, 0.3) is 0 Å². The zero-order chi connectivity index (χ0) is 103. The van der Waals surface area contributed by atoms with Crippen LogP contribution in [0.1, 0.15) is 149 Å². The van der Waals surface area contributed by atoms with Crippen LogP contribution in [0.5, 0.6) is 0 Å². The van der Waals surface area contributed by atoms with E-state index in [1.54, 1.807) is 95.6 Å². The van der Waals surface area contributed by atoms with E-state index in [1.165, 1.54) is 39.7 Å². The number of nitrogens with zero attached hydrogens (tertiary/aromatic N) is 22. The fraction of sp³-hybridized carbons (Fsp3) is 0.274. The Hall–Kier alpha value is -16.4. The van der Waals surface area contributed by atoms with E-state index in [9.17, 15) is 19.2 Å². The zero-order valence-corrected chi connectivity index (χ0v) is 86.0. The number of fused-ring (bicyclic) bond motifs is 5. The Kier molecular flexibility index (Phi) is 31.2. The van der Waals surface area contributed by atoms with Gasteiger partial charge in [-0.3, -0.25) is 41.2 Å². The molecule has 0 radical (unpaired) electrons. The summed E-state index contributed by atoms with van der Waals surface area (Å²) in [6, 6.07) is 80.3. The molecule has 0 aliphatic carbocycles. The molecule has 0 saturated heterocycles. The van der Waals surface area contributed by atoms with Crippen LogP contribution in [0.2, 0.25) is 0 Å². The Morgan fingerprint density at radius 3 is 1.03 bits per heavy atom. The van der Waals surface area contributed by atoms with Crippen LogP contribution in [0.3, 0.4) is 0 Å². The largest absolute Gasteiger partial charge is 0.384 e. The van der Waals surface area contributed by atoms with Crippen LogP contribution in [0, 0.1) is 0 Å². The maximum atomic E-state index is 13.2. The molecule has 11 aromatic heterocycles. The fourth-order valence-electron chi connectivity index (χ4n) is 18.5. The van der Waals surface area contributed by atoms with E-state index in [4.69, 9.17) is 35.1 Å². The van der Waals surface area contributed by atoms with Crippen molar-refractivity contribution in [3.8, 4) is 90.3 Å². The predicted molar refractivity (Wildman–Crippen MR) is 582 cm³/mol. The normalized spacial score (nSPS) is 11.9. The molecule has 20 aromatic rings. The third-order valence-electron chi connectivity index (χ3n) is 26.7. The van der Waals surface area contributed by atoms with Gasteiger partial charge in [-0.25, -0.2) is 69.0 Å². The molecule has 146 heavy (non-hydrogen) atoms. The van der Waals surface area contributed by atoms with Crippen molar-refractivity contribution in [3.63, 3.8) is 0 Å². The van der Waals surface area contributed by atoms with Crippen LogP contribution < -0.4 is 28.5 Å². The zero-order valence-electron chi connectivity index (χ0n) is 86.0. The minimum atomic E-state index is -0.133. The number of aromatic nitrogens is 21. The minimum Gasteiger partial charge on any atom is -0.384 e. The van der Waals surface area contributed by atoms with E-state index in [2.05, 4.69) is 247 Å². The van der Waals surface area contributed by atoms with Gasteiger partial charge in [0.2, 0.25) is 0 Å². The van der Waals surface area contributed by atoms with E-state index >= 15 is 0 Å². The van der Waals surface area contributed by atoms with Crippen LogP contribution in [-0.2, 0) is 90.5 Å². The summed E-state index contributed by atoms with van der Waals surface area (Å²) < 4.78 is 27.9. The lowest BCUT2D eigenvalue weighted by atomic mass is 9.97. The third kappa shape index (κ3) is 22.1. The maximum Gasteiger partial charge on any atom is 0.330 e. The standard InChI is InChI=1S/C32H35N5O.C28H28N6O2.C27H27N5O.C26H25N7O.C4H10O/c1-22(2)27-8-6-7-9-28(27)30-33-20-29-31(34-30)37(32(38)36(29)5)21-24-12-16-26(17-13-24)25-14-10-23(11-15-25)18-19-35(3)4;1-18(2)21-6-4-5-7-22(21)26-29-15-24-27(31-26)33(28(35)32(24)3)16-19-8-10-20(11-9-19)23-14-30-34-12-13-36-17-25(23)34;1-18(2)21-8-5-6-9-22(21)25-28-16-24-26(29-25)32(27(33)31(24)4)17-19-11-13-20(14-12-19)23-10-7-15-30(23)3;1-16(2)19-6-4-5-7-20(19)24-28-13-22-25(31-24)33(26(34)32(22)3)14-17-8-10-18(11-9-17)21-12-23(27)30-15-29-21;1-3-5-4-2/h6-17,20,22H,18-19,21H2,1-5H3;4-11,14-15,18H,12-13,16-17H2,1-3H3;5-16,18H,17H2,1-4H3;4-13,15-16H,14H2,1-3H3,(H2,27,29,30);3-4H2,1-2H3. The molecule has 12 heterocycles. The molecule has 0 spiro atoms. The SMILES string of the molecule is CC(C)c1ccccc1-c1ncc2c(n1)n(Cc1ccc(-c3cc(N)ncn3)cc1)c(=O)n2C.CC(C)c1ccccc1-c1ncc2c(n1)n(Cc1ccc(-c3ccc(CCN(C)C)cc3)cc1)c(=O)n2C.CC(C)c1ccccc1-c1ncc2c(n1)n(Cc1ccc(-c3cccn3C)cc1)c(=O)n2C.CC(C)c1ccccc1-c1ncc2c(n1)n(Cc1ccc(-c3cnn4c3COCC4)cc1)c(=O)n2C.CCOCC. The van der Waals surface area contributed by atoms with Crippen molar-refractivity contribution < 1.29 is 9.47 Å². The summed E-state index contributed by atoms with van der Waals surface area (Å²) in [4.78, 5) is 101. The third-order valence-corrected chi connectivity index (χ3v) is 26.7. The summed E-state index contributed by atoms with van der Waals surface area (Å²) in [5.41, 5.74) is 34.5.